The first-order chi connectivity index (χ1) is 13.0. The first-order valence-electron chi connectivity index (χ1n) is 10.1. The number of rotatable bonds is 8. The summed E-state index contributed by atoms with van der Waals surface area (Å²) in [5.41, 5.74) is 1.06. The van der Waals surface area contributed by atoms with Crippen LogP contribution >= 0.6 is 0 Å². The molecule has 0 heterocycles. The molecule has 0 aliphatic rings. The molecule has 0 aliphatic heterocycles. The number of hydrogen-bond donors (Lipinski definition) is 0. The van der Waals surface area contributed by atoms with Crippen molar-refractivity contribution >= 4 is 20.2 Å². The van der Waals surface area contributed by atoms with Gasteiger partial charge in [-0.2, -0.15) is 0 Å². The Labute approximate surface area is 228 Å². The van der Waals surface area contributed by atoms with Crippen molar-refractivity contribution in [3.05, 3.63) is 0 Å². The van der Waals surface area contributed by atoms with E-state index in [0.717, 1.165) is 0 Å². The molecule has 32 heavy (non-hydrogen) atoms. The number of nitrogens with zero attached hydrogens (tertiary/aromatic N) is 2. The summed E-state index contributed by atoms with van der Waals surface area (Å²) in [6.07, 6.45) is 6.37. The average Bonchev–Trinajstić information content (AvgIpc) is 2.49. The normalized spacial score (nSPS) is 11.5. The summed E-state index contributed by atoms with van der Waals surface area (Å²) in [4.78, 5) is 4.49. The van der Waals surface area contributed by atoms with E-state index in [0.29, 0.717) is 23.3 Å². The van der Waals surface area contributed by atoms with Crippen LogP contribution in [0, 0.1) is 10.8 Å². The van der Waals surface area contributed by atoms with E-state index in [1.165, 1.54) is 38.8 Å². The van der Waals surface area contributed by atoms with Crippen molar-refractivity contribution in [3.63, 3.8) is 0 Å². The van der Waals surface area contributed by atoms with Crippen LogP contribution in [0.4, 0.5) is 0 Å². The molecular weight excluding hydrogens is 487 g/mol. The van der Waals surface area contributed by atoms with Gasteiger partial charge in [-0.3, -0.25) is 0 Å². The molecule has 0 unspecified atom stereocenters. The molecule has 0 aromatic rings. The Hall–Kier alpha value is 1.03. The van der Waals surface area contributed by atoms with Crippen LogP contribution in [0.5, 0.6) is 0 Å². The molecule has 0 aromatic carbocycles. The Bertz CT molecular complexity index is 542. The molecule has 196 valence electrons. The van der Waals surface area contributed by atoms with Crippen LogP contribution in [0.25, 0.3) is 0 Å². The Morgan fingerprint density at radius 3 is 0.906 bits per heavy atom. The van der Waals surface area contributed by atoms with E-state index in [9.17, 15) is 0 Å². The average molecular weight is 535 g/mol. The van der Waals surface area contributed by atoms with Crippen molar-refractivity contribution in [3.8, 4) is 0 Å². The van der Waals surface area contributed by atoms with Crippen LogP contribution in [0.3, 0.4) is 0 Å². The van der Waals surface area contributed by atoms with E-state index in [2.05, 4.69) is 79.5 Å². The fourth-order valence-corrected chi connectivity index (χ4v) is 1.41. The zero-order chi connectivity index (χ0) is 25.4. The largest absolute Gasteiger partial charge is 1.00 e. The molecule has 0 radical (unpaired) electrons. The topological polar surface area (TPSA) is 121 Å². The maximum atomic E-state index is 9.08. The monoisotopic (exact) mass is 534 g/mol. The van der Waals surface area contributed by atoms with E-state index in [-0.39, 0.29) is 42.0 Å². The van der Waals surface area contributed by atoms with Crippen LogP contribution in [-0.4, -0.2) is 89.5 Å². The van der Waals surface area contributed by atoms with E-state index >= 15 is 0 Å². The smallest absolute Gasteiger partial charge is 1.00 e. The molecule has 0 saturated heterocycles. The van der Waals surface area contributed by atoms with Crippen molar-refractivity contribution in [2.24, 2.45) is 10.8 Å². The van der Waals surface area contributed by atoms with Gasteiger partial charge in [0.25, 0.3) is 0 Å². The van der Waals surface area contributed by atoms with E-state index in [1.54, 1.807) is 0 Å². The summed E-state index contributed by atoms with van der Waals surface area (Å²) in [7, 11) is 0.689. The Morgan fingerprint density at radius 2 is 0.812 bits per heavy atom. The number of hydrogen-bond acceptors (Lipinski definition) is 8. The molecule has 0 rings (SSSR count). The molecular formula is C20H48ClN2NaO6S2-2. The predicted octanol–water partition coefficient (Wildman–Crippen LogP) is -2.92. The van der Waals surface area contributed by atoms with Gasteiger partial charge in [0.15, 0.2) is 0 Å². The second-order valence-electron chi connectivity index (χ2n) is 9.55. The Balaban J connectivity index is -0.0000000724. The summed E-state index contributed by atoms with van der Waals surface area (Å²) in [6, 6.07) is 0. The molecule has 12 heteroatoms. The van der Waals surface area contributed by atoms with Gasteiger partial charge in [0.1, 0.15) is 0 Å². The molecule has 0 fully saturated rings. The third-order valence-electron chi connectivity index (χ3n) is 4.39. The van der Waals surface area contributed by atoms with Crippen LogP contribution in [0.15, 0.2) is 0 Å². The molecule has 0 amide bonds. The Kier molecular flexibility index (Phi) is 32.6. The van der Waals surface area contributed by atoms with Gasteiger partial charge in [0, 0.05) is 12.5 Å². The van der Waals surface area contributed by atoms with Crippen LogP contribution in [0.2, 0.25) is 0 Å². The minimum absolute atomic E-state index is 0. The van der Waals surface area contributed by atoms with Crippen molar-refractivity contribution in [1.29, 1.82) is 0 Å². The van der Waals surface area contributed by atoms with Crippen molar-refractivity contribution in [1.82, 2.24) is 9.80 Å². The summed E-state index contributed by atoms with van der Waals surface area (Å²) >= 11 is 0. The fraction of sp³-hybridized carbons (Fsp3) is 1.00. The maximum Gasteiger partial charge on any atom is 1.00 e. The minimum atomic E-state index is -3.92. The molecule has 0 saturated carbocycles. The molecule has 0 atom stereocenters. The second kappa shape index (κ2) is 22.5. The molecule has 0 spiro atoms. The van der Waals surface area contributed by atoms with Crippen LogP contribution in [-0.2, 0) is 20.2 Å². The summed E-state index contributed by atoms with van der Waals surface area (Å²) in [6.45, 7) is 16.3. The van der Waals surface area contributed by atoms with Crippen LogP contribution < -0.4 is 42.0 Å². The molecule has 0 aliphatic carbocycles. The quantitative estimate of drug-likeness (QED) is 0.240. The minimum Gasteiger partial charge on any atom is -1.00 e. The van der Waals surface area contributed by atoms with E-state index in [4.69, 9.17) is 25.9 Å². The molecule has 0 N–H and O–H groups in total. The van der Waals surface area contributed by atoms with Gasteiger partial charge in [-0.15, -0.1) is 0 Å². The summed E-state index contributed by atoms with van der Waals surface area (Å²) in [5.74, 6) is 0. The van der Waals surface area contributed by atoms with Gasteiger partial charge in [-0.1, -0.05) is 54.4 Å². The third kappa shape index (κ3) is 77.3. The molecule has 8 nitrogen and oxygen atoms in total. The third-order valence-corrected chi connectivity index (χ3v) is 4.39. The predicted molar refractivity (Wildman–Crippen MR) is 126 cm³/mol. The second-order valence-corrected chi connectivity index (χ2v) is 12.4. The van der Waals surface area contributed by atoms with Gasteiger partial charge in [0.05, 0.1) is 20.2 Å². The zero-order valence-electron chi connectivity index (χ0n) is 22.8. The SMILES string of the molecule is CCC(C)(C)CCN(C)C.CCC(C)(C)CCN(C)C.CS(=O)(=O)[O-].CS(=O)(=O)[O-].[Cl-].[Na+]. The van der Waals surface area contributed by atoms with Gasteiger partial charge >= 0.3 is 29.6 Å². The molecule has 0 aromatic heterocycles. The molecule has 0 bridgehead atoms. The first-order valence-corrected chi connectivity index (χ1v) is 13.7. The van der Waals surface area contributed by atoms with Crippen LogP contribution in [0.1, 0.15) is 67.2 Å². The number of halogens is 1. The van der Waals surface area contributed by atoms with Gasteiger partial charge < -0.3 is 31.3 Å². The van der Waals surface area contributed by atoms with Crippen molar-refractivity contribution in [2.45, 2.75) is 67.2 Å². The van der Waals surface area contributed by atoms with Crippen molar-refractivity contribution in [2.75, 3.05) is 53.8 Å². The zero-order valence-corrected chi connectivity index (χ0v) is 27.2. The van der Waals surface area contributed by atoms with E-state index < -0.39 is 20.2 Å². The maximum absolute atomic E-state index is 9.08. The first kappa shape index (κ1) is 46.4. The van der Waals surface area contributed by atoms with Gasteiger partial charge in [-0.05, 0) is 65.0 Å². The Morgan fingerprint density at radius 1 is 0.656 bits per heavy atom. The van der Waals surface area contributed by atoms with Crippen molar-refractivity contribution < 1.29 is 67.9 Å². The van der Waals surface area contributed by atoms with E-state index in [1.807, 2.05) is 0 Å². The van der Waals surface area contributed by atoms with Gasteiger partial charge in [0.2, 0.25) is 0 Å². The summed E-state index contributed by atoms with van der Waals surface area (Å²) in [5, 5.41) is 0. The summed E-state index contributed by atoms with van der Waals surface area (Å²) < 4.78 is 54.5. The standard InChI is InChI=1S/2C9H21N.2CH4O3S.ClH.Na/c2*1-6-9(2,3)7-8-10(4)5;2*1-5(2,3)4;;/h2*6-8H2,1-5H3;2*1H3,(H,2,3,4);1H;/q;;;;;+1/p-3. The van der Waals surface area contributed by atoms with Gasteiger partial charge in [-0.25, -0.2) is 16.8 Å². The fourth-order valence-electron chi connectivity index (χ4n) is 1.41.